The third-order valence-corrected chi connectivity index (χ3v) is 1.90. The summed E-state index contributed by atoms with van der Waals surface area (Å²) >= 11 is 0. The first-order valence-electron chi connectivity index (χ1n) is 3.91. The molecule has 0 aliphatic heterocycles. The van der Waals surface area contributed by atoms with Crippen molar-refractivity contribution in [2.75, 3.05) is 0 Å². The summed E-state index contributed by atoms with van der Waals surface area (Å²) in [5.41, 5.74) is 0.280. The van der Waals surface area contributed by atoms with Gasteiger partial charge in [0.05, 0.1) is 0 Å². The quantitative estimate of drug-likeness (QED) is 0.387. The topological polar surface area (TPSA) is 29.5 Å². The minimum Gasteiger partial charge on any atom is -0.251 e. The summed E-state index contributed by atoms with van der Waals surface area (Å²) in [4.78, 5) is 4.41. The molecule has 0 radical (unpaired) electrons. The van der Waals surface area contributed by atoms with Gasteiger partial charge in [0.15, 0.2) is 0 Å². The minimum absolute atomic E-state index is 0.490. The highest BCUT2D eigenvalue weighted by Crippen LogP contribution is 2.26. The average molecular weight is 158 g/mol. The van der Waals surface area contributed by atoms with Crippen molar-refractivity contribution in [2.45, 2.75) is 39.7 Å². The Morgan fingerprint density at radius 2 is 2.09 bits per heavy atom. The third kappa shape index (κ3) is 3.04. The molecule has 1 atom stereocenters. The van der Waals surface area contributed by atoms with Crippen LogP contribution in [0.25, 0.3) is 0 Å². The zero-order chi connectivity index (χ0) is 9.07. The maximum Gasteiger partial charge on any atom is 0.121 e. The predicted octanol–water partition coefficient (Wildman–Crippen LogP) is 2.86. The molecule has 66 valence electrons. The van der Waals surface area contributed by atoms with Crippen LogP contribution in [0.4, 0.5) is 0 Å². The van der Waals surface area contributed by atoms with Crippen LogP contribution in [0.15, 0.2) is 12.2 Å². The zero-order valence-corrected chi connectivity index (χ0v) is 7.85. The predicted molar refractivity (Wildman–Crippen MR) is 46.4 cm³/mol. The van der Waals surface area contributed by atoms with Gasteiger partial charge in [-0.3, -0.25) is 5.26 Å². The molecule has 0 spiro atoms. The van der Waals surface area contributed by atoms with E-state index in [0.717, 1.165) is 12.0 Å². The molecule has 0 amide bonds. The fourth-order valence-corrected chi connectivity index (χ4v) is 1.07. The summed E-state index contributed by atoms with van der Waals surface area (Å²) in [6, 6.07) is 0. The second kappa shape index (κ2) is 3.88. The summed E-state index contributed by atoms with van der Waals surface area (Å²) in [5.74, 6) is 0.490. The molecular weight excluding hydrogens is 140 g/mol. The molecule has 0 bridgehead atoms. The minimum atomic E-state index is -0.575. The van der Waals surface area contributed by atoms with Crippen molar-refractivity contribution in [3.8, 4) is 0 Å². The Morgan fingerprint density at radius 3 is 2.18 bits per heavy atom. The normalized spacial score (nSPS) is 16.5. The molecule has 2 heteroatoms. The molecular formula is C9H18O2. The Labute approximate surface area is 68.8 Å². The van der Waals surface area contributed by atoms with E-state index in [4.69, 9.17) is 5.26 Å². The Morgan fingerprint density at radius 1 is 1.64 bits per heavy atom. The number of hydrogen-bond donors (Lipinski definition) is 1. The molecule has 0 aliphatic rings. The largest absolute Gasteiger partial charge is 0.251 e. The lowest BCUT2D eigenvalue weighted by molar-refractivity contribution is -0.309. The van der Waals surface area contributed by atoms with Gasteiger partial charge in [-0.05, 0) is 31.8 Å². The van der Waals surface area contributed by atoms with Gasteiger partial charge in [-0.25, -0.2) is 4.89 Å². The van der Waals surface area contributed by atoms with Gasteiger partial charge in [-0.2, -0.15) is 0 Å². The molecule has 0 heterocycles. The molecule has 0 rings (SSSR count). The van der Waals surface area contributed by atoms with Gasteiger partial charge in [0, 0.05) is 0 Å². The van der Waals surface area contributed by atoms with Crippen LogP contribution in [0.3, 0.4) is 0 Å². The first-order chi connectivity index (χ1) is 4.92. The Hall–Kier alpha value is -0.340. The number of rotatable bonds is 4. The van der Waals surface area contributed by atoms with E-state index in [0.29, 0.717) is 5.92 Å². The Balaban J connectivity index is 4.22. The van der Waals surface area contributed by atoms with Crippen molar-refractivity contribution in [2.24, 2.45) is 5.92 Å². The Bertz CT molecular complexity index is 140. The molecule has 0 saturated heterocycles. The lowest BCUT2D eigenvalue weighted by atomic mass is 9.89. The van der Waals surface area contributed by atoms with E-state index in [-0.39, 0.29) is 0 Å². The summed E-state index contributed by atoms with van der Waals surface area (Å²) in [6.07, 6.45) is 0.791. The summed E-state index contributed by atoms with van der Waals surface area (Å²) in [6.45, 7) is 11.6. The lowest BCUT2D eigenvalue weighted by Gasteiger charge is -2.27. The highest BCUT2D eigenvalue weighted by Gasteiger charge is 2.27. The van der Waals surface area contributed by atoms with E-state index in [9.17, 15) is 0 Å². The van der Waals surface area contributed by atoms with E-state index < -0.39 is 5.60 Å². The van der Waals surface area contributed by atoms with Gasteiger partial charge < -0.3 is 0 Å². The monoisotopic (exact) mass is 158 g/mol. The summed E-state index contributed by atoms with van der Waals surface area (Å²) < 4.78 is 0. The number of hydrogen-bond acceptors (Lipinski definition) is 2. The maximum absolute atomic E-state index is 8.64. The van der Waals surface area contributed by atoms with Crippen LogP contribution in [0.5, 0.6) is 0 Å². The van der Waals surface area contributed by atoms with Crippen LogP contribution >= 0.6 is 0 Å². The molecule has 0 fully saturated rings. The fraction of sp³-hybridized carbons (Fsp3) is 0.778. The van der Waals surface area contributed by atoms with Crippen LogP contribution < -0.4 is 0 Å². The molecule has 1 unspecified atom stereocenters. The molecule has 0 aliphatic carbocycles. The van der Waals surface area contributed by atoms with Gasteiger partial charge in [0.25, 0.3) is 0 Å². The molecule has 11 heavy (non-hydrogen) atoms. The molecule has 0 saturated carbocycles. The van der Waals surface area contributed by atoms with Gasteiger partial charge in [0.1, 0.15) is 5.60 Å². The summed E-state index contributed by atoms with van der Waals surface area (Å²) in [5, 5.41) is 8.64. The Kier molecular flexibility index (Phi) is 3.76. The zero-order valence-electron chi connectivity index (χ0n) is 7.85. The maximum atomic E-state index is 8.64. The van der Waals surface area contributed by atoms with Crippen molar-refractivity contribution in [1.82, 2.24) is 0 Å². The van der Waals surface area contributed by atoms with E-state index >= 15 is 0 Å². The standard InChI is InChI=1S/C9H18O2/c1-7(2)6-9(5,11-10)8(3)4/h7,10H,3,6H2,1-2,4-5H3. The molecule has 0 aromatic heterocycles. The first kappa shape index (κ1) is 10.7. The van der Waals surface area contributed by atoms with Crippen molar-refractivity contribution in [3.63, 3.8) is 0 Å². The SMILES string of the molecule is C=C(C)C(C)(CC(C)C)OO. The highest BCUT2D eigenvalue weighted by molar-refractivity contribution is 5.07. The van der Waals surface area contributed by atoms with Crippen LogP contribution in [0.2, 0.25) is 0 Å². The second-order valence-electron chi connectivity index (χ2n) is 3.70. The second-order valence-corrected chi connectivity index (χ2v) is 3.70. The van der Waals surface area contributed by atoms with Gasteiger partial charge in [-0.15, -0.1) is 0 Å². The van der Waals surface area contributed by atoms with E-state index in [1.165, 1.54) is 0 Å². The molecule has 0 aromatic rings. The van der Waals surface area contributed by atoms with Crippen LogP contribution in [-0.4, -0.2) is 10.9 Å². The van der Waals surface area contributed by atoms with Crippen LogP contribution in [-0.2, 0) is 4.89 Å². The highest BCUT2D eigenvalue weighted by atomic mass is 17.1. The lowest BCUT2D eigenvalue weighted by Crippen LogP contribution is -2.30. The van der Waals surface area contributed by atoms with Crippen LogP contribution in [0, 0.1) is 5.92 Å². The van der Waals surface area contributed by atoms with Gasteiger partial charge in [0.2, 0.25) is 0 Å². The molecule has 2 nitrogen and oxygen atoms in total. The average Bonchev–Trinajstić information content (AvgIpc) is 1.86. The van der Waals surface area contributed by atoms with Crippen molar-refractivity contribution >= 4 is 0 Å². The first-order valence-corrected chi connectivity index (χ1v) is 3.91. The van der Waals surface area contributed by atoms with Crippen molar-refractivity contribution in [3.05, 3.63) is 12.2 Å². The van der Waals surface area contributed by atoms with E-state index in [2.05, 4.69) is 25.3 Å². The smallest absolute Gasteiger partial charge is 0.121 e. The van der Waals surface area contributed by atoms with Crippen LogP contribution in [0.1, 0.15) is 34.1 Å². The van der Waals surface area contributed by atoms with Gasteiger partial charge in [-0.1, -0.05) is 20.4 Å². The molecule has 0 aromatic carbocycles. The van der Waals surface area contributed by atoms with E-state index in [1.54, 1.807) is 0 Å². The van der Waals surface area contributed by atoms with Gasteiger partial charge >= 0.3 is 0 Å². The molecule has 1 N–H and O–H groups in total. The van der Waals surface area contributed by atoms with E-state index in [1.807, 2.05) is 13.8 Å². The third-order valence-electron chi connectivity index (χ3n) is 1.90. The summed E-state index contributed by atoms with van der Waals surface area (Å²) in [7, 11) is 0. The fourth-order valence-electron chi connectivity index (χ4n) is 1.07. The van der Waals surface area contributed by atoms with Crippen molar-refractivity contribution < 1.29 is 10.1 Å². The van der Waals surface area contributed by atoms with Crippen molar-refractivity contribution in [1.29, 1.82) is 0 Å².